The van der Waals surface area contributed by atoms with Gasteiger partial charge in [0.25, 0.3) is 0 Å². The van der Waals surface area contributed by atoms with E-state index in [0.29, 0.717) is 5.56 Å². The molecular formula is C27H22NO7Se. The van der Waals surface area contributed by atoms with Crippen molar-refractivity contribution in [2.45, 2.75) is 24.4 Å². The molecule has 1 radical (unpaired) electrons. The predicted octanol–water partition coefficient (Wildman–Crippen LogP) is 3.21. The summed E-state index contributed by atoms with van der Waals surface area (Å²) in [6.45, 7) is -0.288. The number of esters is 3. The van der Waals surface area contributed by atoms with Gasteiger partial charge in [-0.25, -0.2) is 0 Å². The quantitative estimate of drug-likeness (QED) is 0.198. The molecule has 9 heteroatoms. The molecule has 1 aliphatic rings. The van der Waals surface area contributed by atoms with Crippen LogP contribution < -0.4 is 0 Å². The van der Waals surface area contributed by atoms with Crippen LogP contribution in [0.4, 0.5) is 0 Å². The van der Waals surface area contributed by atoms with E-state index in [4.69, 9.17) is 24.4 Å². The van der Waals surface area contributed by atoms with Crippen molar-refractivity contribution in [1.82, 2.24) is 0 Å². The summed E-state index contributed by atoms with van der Waals surface area (Å²) in [5.74, 6) is -1.93. The molecule has 183 valence electrons. The minimum atomic E-state index is -1.15. The van der Waals surface area contributed by atoms with Gasteiger partial charge in [-0.3, -0.25) is 0 Å². The third-order valence-electron chi connectivity index (χ3n) is 5.46. The Hall–Kier alpha value is -3.78. The van der Waals surface area contributed by atoms with E-state index in [1.165, 1.54) is 0 Å². The van der Waals surface area contributed by atoms with Crippen LogP contribution in [0.15, 0.2) is 91.0 Å². The minimum absolute atomic E-state index is 0.0569. The molecule has 0 amide bonds. The Balaban J connectivity index is 1.58. The molecule has 0 saturated carbocycles. The fourth-order valence-corrected chi connectivity index (χ4v) is 4.09. The fraction of sp³-hybridized carbons (Fsp3) is 0.185. The van der Waals surface area contributed by atoms with Crippen molar-refractivity contribution in [3.05, 3.63) is 108 Å². The molecule has 36 heavy (non-hydrogen) atoms. The van der Waals surface area contributed by atoms with Crippen LogP contribution in [0.3, 0.4) is 0 Å². The summed E-state index contributed by atoms with van der Waals surface area (Å²) >= 11 is 2.56. The van der Waals surface area contributed by atoms with E-state index >= 15 is 0 Å². The molecule has 4 rings (SSSR count). The number of ether oxygens (including phenoxy) is 4. The van der Waals surface area contributed by atoms with E-state index in [1.54, 1.807) is 91.0 Å². The maximum atomic E-state index is 12.9. The molecule has 3 aromatic carbocycles. The molecule has 1 saturated heterocycles. The molecule has 8 nitrogen and oxygen atoms in total. The van der Waals surface area contributed by atoms with Crippen molar-refractivity contribution < 1.29 is 33.3 Å². The standard InChI is InChI=1S/C27H22NO7Se/c28-24(36)23-22(35-27(31)19-14-8-3-9-15-19)21(34-26(30)18-12-6-2-7-13-18)20(33-23)16-32-25(29)17-10-4-1-5-11-17/h1-15,20-23,28H,16H2/t20-,21-,22-,23-/m1/s1. The van der Waals surface area contributed by atoms with Crippen LogP contribution in [0.2, 0.25) is 0 Å². The first-order chi connectivity index (χ1) is 17.4. The molecule has 0 aliphatic carbocycles. The van der Waals surface area contributed by atoms with Gasteiger partial charge in [0.1, 0.15) is 0 Å². The van der Waals surface area contributed by atoms with Crippen molar-refractivity contribution in [3.8, 4) is 0 Å². The van der Waals surface area contributed by atoms with Gasteiger partial charge < -0.3 is 0 Å². The first-order valence-corrected chi connectivity index (χ1v) is 11.9. The zero-order chi connectivity index (χ0) is 25.5. The Kier molecular flexibility index (Phi) is 8.28. The summed E-state index contributed by atoms with van der Waals surface area (Å²) in [7, 11) is 0. The number of carbonyl (C=O) groups is 3. The Labute approximate surface area is 215 Å². The third-order valence-corrected chi connectivity index (χ3v) is 5.95. The van der Waals surface area contributed by atoms with Gasteiger partial charge in [0, 0.05) is 0 Å². The Bertz CT molecular complexity index is 1220. The first kappa shape index (κ1) is 25.3. The van der Waals surface area contributed by atoms with E-state index in [-0.39, 0.29) is 22.3 Å². The van der Waals surface area contributed by atoms with E-state index in [0.717, 1.165) is 0 Å². The Morgan fingerprint density at radius 2 is 1.11 bits per heavy atom. The molecule has 0 bridgehead atoms. The summed E-state index contributed by atoms with van der Waals surface area (Å²) in [4.78, 5) is 38.2. The van der Waals surface area contributed by atoms with Crippen molar-refractivity contribution in [2.75, 3.05) is 6.61 Å². The summed E-state index contributed by atoms with van der Waals surface area (Å²) < 4.78 is 22.7. The van der Waals surface area contributed by atoms with E-state index in [2.05, 4.69) is 16.0 Å². The Morgan fingerprint density at radius 3 is 1.56 bits per heavy atom. The fourth-order valence-electron chi connectivity index (χ4n) is 3.69. The van der Waals surface area contributed by atoms with Crippen LogP contribution in [0, 0.1) is 5.41 Å². The second kappa shape index (κ2) is 11.8. The van der Waals surface area contributed by atoms with Crippen molar-refractivity contribution in [2.24, 2.45) is 0 Å². The summed E-state index contributed by atoms with van der Waals surface area (Å²) in [6, 6.07) is 25.0. The van der Waals surface area contributed by atoms with Crippen LogP contribution in [-0.4, -0.2) is 69.6 Å². The van der Waals surface area contributed by atoms with Gasteiger partial charge in [0.2, 0.25) is 0 Å². The van der Waals surface area contributed by atoms with Gasteiger partial charge in [-0.05, 0) is 0 Å². The van der Waals surface area contributed by atoms with Gasteiger partial charge in [0.15, 0.2) is 0 Å². The average Bonchev–Trinajstić information content (AvgIpc) is 3.25. The van der Waals surface area contributed by atoms with Crippen molar-refractivity contribution in [3.63, 3.8) is 0 Å². The molecule has 0 spiro atoms. The molecule has 0 unspecified atom stereocenters. The van der Waals surface area contributed by atoms with Crippen molar-refractivity contribution >= 4 is 38.5 Å². The van der Waals surface area contributed by atoms with E-state index in [9.17, 15) is 14.4 Å². The van der Waals surface area contributed by atoms with E-state index < -0.39 is 42.3 Å². The predicted molar refractivity (Wildman–Crippen MR) is 130 cm³/mol. The maximum absolute atomic E-state index is 12.9. The number of carbonyl (C=O) groups excluding carboxylic acids is 3. The Morgan fingerprint density at radius 1 is 0.694 bits per heavy atom. The van der Waals surface area contributed by atoms with Crippen LogP contribution in [-0.2, 0) is 18.9 Å². The van der Waals surface area contributed by atoms with Crippen LogP contribution in [0.25, 0.3) is 0 Å². The number of hydrogen-bond donors (Lipinski definition) is 1. The van der Waals surface area contributed by atoms with Crippen LogP contribution >= 0.6 is 0 Å². The topological polar surface area (TPSA) is 112 Å². The molecular weight excluding hydrogens is 529 g/mol. The second-order valence-electron chi connectivity index (χ2n) is 7.90. The first-order valence-electron chi connectivity index (χ1n) is 11.1. The average molecular weight is 551 g/mol. The zero-order valence-electron chi connectivity index (χ0n) is 18.9. The molecule has 1 fully saturated rings. The third kappa shape index (κ3) is 6.07. The molecule has 4 atom stereocenters. The van der Waals surface area contributed by atoms with Gasteiger partial charge in [-0.15, -0.1) is 0 Å². The normalized spacial score (nSPS) is 20.8. The monoisotopic (exact) mass is 552 g/mol. The molecule has 0 aromatic heterocycles. The van der Waals surface area contributed by atoms with Crippen LogP contribution in [0.5, 0.6) is 0 Å². The van der Waals surface area contributed by atoms with Crippen molar-refractivity contribution in [1.29, 1.82) is 5.41 Å². The van der Waals surface area contributed by atoms with Gasteiger partial charge >= 0.3 is 216 Å². The molecule has 1 aliphatic heterocycles. The zero-order valence-corrected chi connectivity index (χ0v) is 20.7. The summed E-state index contributed by atoms with van der Waals surface area (Å²) in [5.41, 5.74) is 0.913. The number of hydrogen-bond acceptors (Lipinski definition) is 8. The van der Waals surface area contributed by atoms with Gasteiger partial charge in [-0.2, -0.15) is 0 Å². The number of nitrogens with one attached hydrogen (secondary N) is 1. The SMILES string of the molecule is N=C([Se])[C@@H]1O[C@H](COC(=O)c2ccccc2)[C@@H](OC(=O)c2ccccc2)[C@H]1OC(=O)c1ccccc1. The van der Waals surface area contributed by atoms with E-state index in [1.807, 2.05) is 0 Å². The van der Waals surface area contributed by atoms with Gasteiger partial charge in [-0.1, -0.05) is 0 Å². The summed E-state index contributed by atoms with van der Waals surface area (Å²) in [5, 5.41) is 8.13. The molecule has 1 heterocycles. The number of benzene rings is 3. The van der Waals surface area contributed by atoms with Gasteiger partial charge in [0.05, 0.1) is 0 Å². The van der Waals surface area contributed by atoms with Crippen LogP contribution in [0.1, 0.15) is 31.1 Å². The summed E-state index contributed by atoms with van der Waals surface area (Å²) in [6.07, 6.45) is -4.34. The molecule has 1 N–H and O–H groups in total. The number of rotatable bonds is 8. The molecule has 3 aromatic rings. The second-order valence-corrected chi connectivity index (χ2v) is 8.82.